The van der Waals surface area contributed by atoms with Crippen LogP contribution in [0.25, 0.3) is 11.4 Å². The zero-order chi connectivity index (χ0) is 18.7. The largest absolute Gasteiger partial charge is 0.497 e. The number of alkyl halides is 3. The fourth-order valence-corrected chi connectivity index (χ4v) is 3.16. The molecule has 0 saturated heterocycles. The number of nitrogens with zero attached hydrogens (tertiary/aromatic N) is 2. The molecule has 0 N–H and O–H groups in total. The fourth-order valence-electron chi connectivity index (χ4n) is 2.26. The molecule has 0 radical (unpaired) electrons. The Morgan fingerprint density at radius 1 is 1.12 bits per heavy atom. The smallest absolute Gasteiger partial charge is 0.416 e. The van der Waals surface area contributed by atoms with Gasteiger partial charge in [-0.15, -0.1) is 11.8 Å². The summed E-state index contributed by atoms with van der Waals surface area (Å²) in [5.41, 5.74) is -0.488. The molecule has 26 heavy (non-hydrogen) atoms. The Balaban J connectivity index is 1.76. The Morgan fingerprint density at radius 2 is 1.85 bits per heavy atom. The monoisotopic (exact) mass is 380 g/mol. The first-order valence-corrected chi connectivity index (χ1v) is 8.57. The molecule has 0 aliphatic heterocycles. The maximum Gasteiger partial charge on any atom is 0.416 e. The van der Waals surface area contributed by atoms with Gasteiger partial charge in [0.15, 0.2) is 0 Å². The molecule has 0 aliphatic rings. The highest BCUT2D eigenvalue weighted by molar-refractivity contribution is 7.99. The van der Waals surface area contributed by atoms with Gasteiger partial charge in [-0.05, 0) is 43.3 Å². The highest BCUT2D eigenvalue weighted by atomic mass is 32.2. The molecule has 3 rings (SSSR count). The van der Waals surface area contributed by atoms with E-state index in [0.717, 1.165) is 22.8 Å². The predicted molar refractivity (Wildman–Crippen MR) is 92.0 cm³/mol. The lowest BCUT2D eigenvalue weighted by Gasteiger charge is -2.07. The molecule has 1 unspecified atom stereocenters. The van der Waals surface area contributed by atoms with Crippen LogP contribution in [0.1, 0.15) is 23.6 Å². The van der Waals surface area contributed by atoms with Crippen molar-refractivity contribution in [3.63, 3.8) is 0 Å². The molecule has 3 aromatic rings. The van der Waals surface area contributed by atoms with Crippen molar-refractivity contribution < 1.29 is 22.4 Å². The van der Waals surface area contributed by atoms with Crippen molar-refractivity contribution in [3.05, 3.63) is 60.0 Å². The first-order chi connectivity index (χ1) is 12.4. The highest BCUT2D eigenvalue weighted by Crippen LogP contribution is 2.36. The van der Waals surface area contributed by atoms with Crippen LogP contribution < -0.4 is 4.74 Å². The zero-order valence-corrected chi connectivity index (χ0v) is 14.8. The van der Waals surface area contributed by atoms with Crippen molar-refractivity contribution >= 4 is 11.8 Å². The number of aromatic nitrogens is 2. The van der Waals surface area contributed by atoms with E-state index < -0.39 is 11.7 Å². The zero-order valence-electron chi connectivity index (χ0n) is 13.9. The molecule has 2 aromatic carbocycles. The van der Waals surface area contributed by atoms with Crippen LogP contribution in [0.2, 0.25) is 0 Å². The van der Waals surface area contributed by atoms with Crippen molar-refractivity contribution in [2.24, 2.45) is 0 Å². The second-order valence-electron chi connectivity index (χ2n) is 5.47. The average molecular weight is 380 g/mol. The lowest BCUT2D eigenvalue weighted by Crippen LogP contribution is -2.04. The van der Waals surface area contributed by atoms with Crippen molar-refractivity contribution in [3.8, 4) is 17.1 Å². The molecule has 0 amide bonds. The summed E-state index contributed by atoms with van der Waals surface area (Å²) in [7, 11) is 1.60. The van der Waals surface area contributed by atoms with E-state index in [-0.39, 0.29) is 16.6 Å². The molecule has 0 bridgehead atoms. The Morgan fingerprint density at radius 3 is 2.50 bits per heavy atom. The van der Waals surface area contributed by atoms with Gasteiger partial charge in [-0.25, -0.2) is 0 Å². The van der Waals surface area contributed by atoms with Crippen molar-refractivity contribution in [1.82, 2.24) is 10.1 Å². The van der Waals surface area contributed by atoms with Gasteiger partial charge in [0.05, 0.1) is 17.9 Å². The average Bonchev–Trinajstić information content (AvgIpc) is 3.12. The van der Waals surface area contributed by atoms with Gasteiger partial charge in [0.2, 0.25) is 11.7 Å². The minimum absolute atomic E-state index is 0.133. The lowest BCUT2D eigenvalue weighted by atomic mass is 10.1. The molecular weight excluding hydrogens is 365 g/mol. The van der Waals surface area contributed by atoms with Crippen LogP contribution in [0.3, 0.4) is 0 Å². The molecule has 1 atom stereocenters. The van der Waals surface area contributed by atoms with E-state index >= 15 is 0 Å². The van der Waals surface area contributed by atoms with Gasteiger partial charge < -0.3 is 9.26 Å². The number of halogens is 3. The molecule has 1 heterocycles. The topological polar surface area (TPSA) is 48.2 Å². The normalized spacial score (nSPS) is 12.8. The summed E-state index contributed by atoms with van der Waals surface area (Å²) in [6.07, 6.45) is -4.42. The van der Waals surface area contributed by atoms with E-state index in [1.54, 1.807) is 7.11 Å². The van der Waals surface area contributed by atoms with Crippen LogP contribution in [0.15, 0.2) is 57.9 Å². The standard InChI is InChI=1S/C18H15F3N2O2S/c1-11(26-15-8-6-14(24-2)7-9-15)17-22-16(23-25-17)12-4-3-5-13(10-12)18(19,20)21/h3-11H,1-2H3. The predicted octanol–water partition coefficient (Wildman–Crippen LogP) is 5.62. The van der Waals surface area contributed by atoms with Gasteiger partial charge >= 0.3 is 6.18 Å². The summed E-state index contributed by atoms with van der Waals surface area (Å²) in [5.74, 6) is 1.23. The molecule has 0 fully saturated rings. The summed E-state index contributed by atoms with van der Waals surface area (Å²) in [6.45, 7) is 1.89. The third-order valence-electron chi connectivity index (χ3n) is 3.61. The van der Waals surface area contributed by atoms with Gasteiger partial charge in [0.1, 0.15) is 5.75 Å². The Kier molecular flexibility index (Phi) is 5.22. The SMILES string of the molecule is COc1ccc(SC(C)c2nc(-c3cccc(C(F)(F)F)c3)no2)cc1. The number of rotatable bonds is 5. The molecular formula is C18H15F3N2O2S. The summed E-state index contributed by atoms with van der Waals surface area (Å²) >= 11 is 1.50. The van der Waals surface area contributed by atoms with Crippen LogP contribution in [-0.2, 0) is 6.18 Å². The van der Waals surface area contributed by atoms with Crippen LogP contribution in [0.4, 0.5) is 13.2 Å². The van der Waals surface area contributed by atoms with Crippen molar-refractivity contribution in [2.75, 3.05) is 7.11 Å². The van der Waals surface area contributed by atoms with E-state index in [9.17, 15) is 13.2 Å². The highest BCUT2D eigenvalue weighted by Gasteiger charge is 2.30. The van der Waals surface area contributed by atoms with Crippen molar-refractivity contribution in [1.29, 1.82) is 0 Å². The first-order valence-electron chi connectivity index (χ1n) is 7.69. The first kappa shape index (κ1) is 18.3. The van der Waals surface area contributed by atoms with E-state index in [4.69, 9.17) is 9.26 Å². The summed E-state index contributed by atoms with van der Waals surface area (Å²) < 4.78 is 48.9. The Hall–Kier alpha value is -2.48. The summed E-state index contributed by atoms with van der Waals surface area (Å²) in [4.78, 5) is 5.23. The Bertz CT molecular complexity index is 879. The van der Waals surface area contributed by atoms with Gasteiger partial charge in [-0.1, -0.05) is 17.3 Å². The van der Waals surface area contributed by atoms with E-state index in [0.29, 0.717) is 5.89 Å². The maximum absolute atomic E-state index is 12.8. The number of benzene rings is 2. The number of hydrogen-bond donors (Lipinski definition) is 0. The summed E-state index contributed by atoms with van der Waals surface area (Å²) in [6, 6.07) is 12.4. The molecule has 1 aromatic heterocycles. The minimum atomic E-state index is -4.42. The third-order valence-corrected chi connectivity index (χ3v) is 4.71. The molecule has 4 nitrogen and oxygen atoms in total. The van der Waals surface area contributed by atoms with E-state index in [1.165, 1.54) is 23.9 Å². The second kappa shape index (κ2) is 7.41. The number of hydrogen-bond acceptors (Lipinski definition) is 5. The maximum atomic E-state index is 12.8. The van der Waals surface area contributed by atoms with Crippen LogP contribution in [0, 0.1) is 0 Å². The number of thioether (sulfide) groups is 1. The summed E-state index contributed by atoms with van der Waals surface area (Å²) in [5, 5.41) is 3.66. The second-order valence-corrected chi connectivity index (χ2v) is 6.88. The molecule has 8 heteroatoms. The van der Waals surface area contributed by atoms with Gasteiger partial charge in [0.25, 0.3) is 0 Å². The van der Waals surface area contributed by atoms with Crippen LogP contribution >= 0.6 is 11.8 Å². The van der Waals surface area contributed by atoms with E-state index in [2.05, 4.69) is 10.1 Å². The third kappa shape index (κ3) is 4.19. The fraction of sp³-hybridized carbons (Fsp3) is 0.222. The van der Waals surface area contributed by atoms with Gasteiger partial charge in [-0.3, -0.25) is 0 Å². The Labute approximate surface area is 152 Å². The quantitative estimate of drug-likeness (QED) is 0.538. The van der Waals surface area contributed by atoms with Crippen LogP contribution in [-0.4, -0.2) is 17.3 Å². The molecule has 0 aliphatic carbocycles. The molecule has 0 spiro atoms. The van der Waals surface area contributed by atoms with E-state index in [1.807, 2.05) is 31.2 Å². The van der Waals surface area contributed by atoms with Gasteiger partial charge in [-0.2, -0.15) is 18.2 Å². The number of methoxy groups -OCH3 is 1. The lowest BCUT2D eigenvalue weighted by molar-refractivity contribution is -0.137. The number of ether oxygens (including phenoxy) is 1. The van der Waals surface area contributed by atoms with Crippen molar-refractivity contribution in [2.45, 2.75) is 23.2 Å². The molecule has 136 valence electrons. The van der Waals surface area contributed by atoms with Crippen LogP contribution in [0.5, 0.6) is 5.75 Å². The minimum Gasteiger partial charge on any atom is -0.497 e. The van der Waals surface area contributed by atoms with Gasteiger partial charge in [0, 0.05) is 10.5 Å². The molecule has 0 saturated carbocycles.